The number of hydrogen-bond donors (Lipinski definition) is 1. The molecule has 0 aromatic heterocycles. The molecule has 0 fully saturated rings. The van der Waals surface area contributed by atoms with Crippen LogP contribution in [0.4, 0.5) is 0 Å². The first kappa shape index (κ1) is 13.0. The number of fused-ring (bicyclic) bond motifs is 1. The van der Waals surface area contributed by atoms with Crippen LogP contribution in [-0.4, -0.2) is 32.9 Å². The molecule has 4 heteroatoms. The van der Waals surface area contributed by atoms with E-state index in [1.54, 1.807) is 0 Å². The molecule has 100 valence electrons. The Morgan fingerprint density at radius 1 is 1.17 bits per heavy atom. The van der Waals surface area contributed by atoms with Crippen LogP contribution in [0.1, 0.15) is 19.4 Å². The molecule has 1 heterocycles. The topological polar surface area (TPSA) is 39.7 Å². The lowest BCUT2D eigenvalue weighted by Gasteiger charge is -2.23. The molecule has 1 N–H and O–H groups in total. The second kappa shape index (κ2) is 6.50. The molecule has 0 unspecified atom stereocenters. The molecule has 4 nitrogen and oxygen atoms in total. The summed E-state index contributed by atoms with van der Waals surface area (Å²) >= 11 is 0. The summed E-state index contributed by atoms with van der Waals surface area (Å²) in [6.45, 7) is 7.81. The minimum Gasteiger partial charge on any atom is -0.488 e. The second-order valence-corrected chi connectivity index (χ2v) is 4.13. The summed E-state index contributed by atoms with van der Waals surface area (Å²) in [6.07, 6.45) is 0.934. The van der Waals surface area contributed by atoms with Gasteiger partial charge in [-0.3, -0.25) is 0 Å². The first-order valence-corrected chi connectivity index (χ1v) is 6.61. The van der Waals surface area contributed by atoms with Crippen molar-refractivity contribution in [1.82, 2.24) is 5.32 Å². The lowest BCUT2D eigenvalue weighted by molar-refractivity contribution is 0.160. The Balaban J connectivity index is 2.10. The summed E-state index contributed by atoms with van der Waals surface area (Å²) < 4.78 is 17.1. The molecule has 0 amide bonds. The van der Waals surface area contributed by atoms with E-state index >= 15 is 0 Å². The Bertz CT molecular complexity index is 393. The minimum atomic E-state index is 0.587. The van der Waals surface area contributed by atoms with Gasteiger partial charge in [0.25, 0.3) is 0 Å². The van der Waals surface area contributed by atoms with E-state index in [4.69, 9.17) is 14.2 Å². The van der Waals surface area contributed by atoms with Gasteiger partial charge in [-0.2, -0.15) is 0 Å². The fourth-order valence-corrected chi connectivity index (χ4v) is 1.97. The smallest absolute Gasteiger partial charge is 0.203 e. The molecule has 0 bridgehead atoms. The molecule has 0 spiro atoms. The van der Waals surface area contributed by atoms with Gasteiger partial charge >= 0.3 is 0 Å². The Labute approximate surface area is 108 Å². The van der Waals surface area contributed by atoms with Gasteiger partial charge in [-0.05, 0) is 24.6 Å². The Morgan fingerprint density at radius 2 is 1.94 bits per heavy atom. The predicted octanol–water partition coefficient (Wildman–Crippen LogP) is 2.01. The first-order valence-electron chi connectivity index (χ1n) is 6.61. The van der Waals surface area contributed by atoms with E-state index in [0.29, 0.717) is 19.8 Å². The van der Waals surface area contributed by atoms with E-state index < -0.39 is 0 Å². The summed E-state index contributed by atoms with van der Waals surface area (Å²) in [5, 5.41) is 3.22. The van der Waals surface area contributed by atoms with Crippen LogP contribution in [0.15, 0.2) is 12.1 Å². The highest BCUT2D eigenvalue weighted by atomic mass is 16.6. The van der Waals surface area contributed by atoms with Crippen LogP contribution in [0.2, 0.25) is 0 Å². The first-order chi connectivity index (χ1) is 8.86. The molecule has 1 aromatic carbocycles. The van der Waals surface area contributed by atoms with Crippen molar-refractivity contribution in [3.05, 3.63) is 17.7 Å². The van der Waals surface area contributed by atoms with Gasteiger partial charge in [0.15, 0.2) is 11.5 Å². The van der Waals surface area contributed by atoms with Crippen LogP contribution in [0, 0.1) is 0 Å². The van der Waals surface area contributed by atoms with Gasteiger partial charge in [0.05, 0.1) is 0 Å². The molecule has 0 aliphatic carbocycles. The van der Waals surface area contributed by atoms with Crippen LogP contribution in [0.3, 0.4) is 0 Å². The number of rotatable bonds is 6. The van der Waals surface area contributed by atoms with E-state index in [1.165, 1.54) is 5.56 Å². The minimum absolute atomic E-state index is 0.587. The van der Waals surface area contributed by atoms with Gasteiger partial charge in [-0.15, -0.1) is 0 Å². The monoisotopic (exact) mass is 251 g/mol. The highest BCUT2D eigenvalue weighted by Gasteiger charge is 2.20. The number of nitrogens with one attached hydrogen (secondary N) is 1. The van der Waals surface area contributed by atoms with Crippen molar-refractivity contribution in [1.29, 1.82) is 0 Å². The summed E-state index contributed by atoms with van der Waals surface area (Å²) in [5.74, 6) is 2.39. The zero-order valence-electron chi connectivity index (χ0n) is 11.1. The molecule has 0 saturated carbocycles. The Hall–Kier alpha value is -1.42. The van der Waals surface area contributed by atoms with Crippen molar-refractivity contribution in [2.75, 3.05) is 32.9 Å². The van der Waals surface area contributed by atoms with Crippen LogP contribution in [-0.2, 0) is 6.42 Å². The molecule has 1 aromatic rings. The molecule has 0 radical (unpaired) electrons. The van der Waals surface area contributed by atoms with Crippen LogP contribution >= 0.6 is 0 Å². The predicted molar refractivity (Wildman–Crippen MR) is 70.8 cm³/mol. The number of aryl methyl sites for hydroxylation is 1. The van der Waals surface area contributed by atoms with Gasteiger partial charge in [0, 0.05) is 6.54 Å². The standard InChI is InChI=1S/C14H21NO3/c1-3-11-5-6-12(16-8-7-15-4-2)14-13(11)17-9-10-18-14/h5-6,15H,3-4,7-10H2,1-2H3. The van der Waals surface area contributed by atoms with E-state index in [1.807, 2.05) is 6.07 Å². The largest absolute Gasteiger partial charge is 0.488 e. The number of likely N-dealkylation sites (N-methyl/N-ethyl adjacent to an activating group) is 1. The van der Waals surface area contributed by atoms with Crippen molar-refractivity contribution >= 4 is 0 Å². The summed E-state index contributed by atoms with van der Waals surface area (Å²) in [7, 11) is 0. The number of benzene rings is 1. The third-order valence-electron chi connectivity index (χ3n) is 2.90. The number of ether oxygens (including phenoxy) is 3. The van der Waals surface area contributed by atoms with Crippen LogP contribution in [0.25, 0.3) is 0 Å². The lowest BCUT2D eigenvalue weighted by Crippen LogP contribution is -2.21. The molecule has 18 heavy (non-hydrogen) atoms. The summed E-state index contributed by atoms with van der Waals surface area (Å²) in [5.41, 5.74) is 1.17. The molecule has 0 saturated heterocycles. The second-order valence-electron chi connectivity index (χ2n) is 4.13. The normalized spacial score (nSPS) is 13.4. The quantitative estimate of drug-likeness (QED) is 0.785. The van der Waals surface area contributed by atoms with Crippen LogP contribution < -0.4 is 19.5 Å². The van der Waals surface area contributed by atoms with Gasteiger partial charge in [0.1, 0.15) is 19.8 Å². The van der Waals surface area contributed by atoms with E-state index in [2.05, 4.69) is 25.2 Å². The Kier molecular flexibility index (Phi) is 4.70. The maximum absolute atomic E-state index is 5.74. The van der Waals surface area contributed by atoms with E-state index in [0.717, 1.165) is 36.8 Å². The van der Waals surface area contributed by atoms with Crippen LogP contribution in [0.5, 0.6) is 17.2 Å². The summed E-state index contributed by atoms with van der Waals surface area (Å²) in [6, 6.07) is 4.02. The van der Waals surface area contributed by atoms with Crippen molar-refractivity contribution in [3.63, 3.8) is 0 Å². The highest BCUT2D eigenvalue weighted by molar-refractivity contribution is 5.56. The molecular formula is C14H21NO3. The third-order valence-corrected chi connectivity index (χ3v) is 2.90. The summed E-state index contributed by atoms with van der Waals surface area (Å²) in [4.78, 5) is 0. The van der Waals surface area contributed by atoms with Crippen molar-refractivity contribution < 1.29 is 14.2 Å². The van der Waals surface area contributed by atoms with Crippen molar-refractivity contribution in [2.45, 2.75) is 20.3 Å². The van der Waals surface area contributed by atoms with E-state index in [-0.39, 0.29) is 0 Å². The average molecular weight is 251 g/mol. The van der Waals surface area contributed by atoms with Crippen molar-refractivity contribution in [2.24, 2.45) is 0 Å². The van der Waals surface area contributed by atoms with Gasteiger partial charge in [0.2, 0.25) is 5.75 Å². The Morgan fingerprint density at radius 3 is 2.67 bits per heavy atom. The molecule has 0 atom stereocenters. The zero-order chi connectivity index (χ0) is 12.8. The highest BCUT2D eigenvalue weighted by Crippen LogP contribution is 2.42. The molecule has 1 aliphatic heterocycles. The van der Waals surface area contributed by atoms with Gasteiger partial charge < -0.3 is 19.5 Å². The fourth-order valence-electron chi connectivity index (χ4n) is 1.97. The number of hydrogen-bond acceptors (Lipinski definition) is 4. The van der Waals surface area contributed by atoms with Crippen molar-refractivity contribution in [3.8, 4) is 17.2 Å². The fraction of sp³-hybridized carbons (Fsp3) is 0.571. The third kappa shape index (κ3) is 2.88. The van der Waals surface area contributed by atoms with Gasteiger partial charge in [-0.1, -0.05) is 19.9 Å². The zero-order valence-corrected chi connectivity index (χ0v) is 11.1. The van der Waals surface area contributed by atoms with Gasteiger partial charge in [-0.25, -0.2) is 0 Å². The molecule has 1 aliphatic rings. The SMILES string of the molecule is CCNCCOc1ccc(CC)c2c1OCCO2. The molecular weight excluding hydrogens is 230 g/mol. The average Bonchev–Trinajstić information content (AvgIpc) is 2.43. The van der Waals surface area contributed by atoms with E-state index in [9.17, 15) is 0 Å². The lowest BCUT2D eigenvalue weighted by atomic mass is 10.1. The molecule has 2 rings (SSSR count). The maximum atomic E-state index is 5.74. The maximum Gasteiger partial charge on any atom is 0.203 e.